The summed E-state index contributed by atoms with van der Waals surface area (Å²) in [5.41, 5.74) is 5.79. The van der Waals surface area contributed by atoms with Gasteiger partial charge in [0.1, 0.15) is 0 Å². The van der Waals surface area contributed by atoms with Crippen molar-refractivity contribution in [2.45, 2.75) is 39.2 Å². The Morgan fingerprint density at radius 2 is 1.82 bits per heavy atom. The molecule has 98 valence electrons. The molecule has 4 N–H and O–H groups in total. The van der Waals surface area contributed by atoms with Gasteiger partial charge in [0.15, 0.2) is 0 Å². The van der Waals surface area contributed by atoms with Crippen LogP contribution in [0.4, 0.5) is 0 Å². The first-order valence-corrected chi connectivity index (χ1v) is 6.30. The van der Waals surface area contributed by atoms with Crippen molar-refractivity contribution in [1.82, 2.24) is 10.6 Å². The SMILES string of the molecule is CC(C)C(N)CC(=O)NCCNC(=O)C1CC1. The van der Waals surface area contributed by atoms with Crippen molar-refractivity contribution in [2.24, 2.45) is 17.6 Å². The minimum atomic E-state index is -0.101. The number of nitrogens with two attached hydrogens (primary N) is 1. The summed E-state index contributed by atoms with van der Waals surface area (Å²) >= 11 is 0. The molecule has 0 bridgehead atoms. The maximum atomic E-state index is 11.4. The first kappa shape index (κ1) is 14.0. The van der Waals surface area contributed by atoms with E-state index in [1.54, 1.807) is 0 Å². The van der Waals surface area contributed by atoms with Crippen molar-refractivity contribution in [3.63, 3.8) is 0 Å². The van der Waals surface area contributed by atoms with Crippen molar-refractivity contribution in [3.8, 4) is 0 Å². The van der Waals surface area contributed by atoms with Crippen LogP contribution >= 0.6 is 0 Å². The third kappa shape index (κ3) is 5.68. The van der Waals surface area contributed by atoms with Gasteiger partial charge in [-0.05, 0) is 18.8 Å². The first-order valence-electron chi connectivity index (χ1n) is 6.30. The monoisotopic (exact) mass is 241 g/mol. The Morgan fingerprint density at radius 3 is 2.35 bits per heavy atom. The third-order valence-electron chi connectivity index (χ3n) is 2.97. The van der Waals surface area contributed by atoms with Crippen molar-refractivity contribution < 1.29 is 9.59 Å². The van der Waals surface area contributed by atoms with Gasteiger partial charge in [-0.25, -0.2) is 0 Å². The quantitative estimate of drug-likeness (QED) is 0.549. The Balaban J connectivity index is 2.01. The lowest BCUT2D eigenvalue weighted by Gasteiger charge is -2.15. The third-order valence-corrected chi connectivity index (χ3v) is 2.97. The van der Waals surface area contributed by atoms with Crippen LogP contribution in [0.1, 0.15) is 33.1 Å². The zero-order valence-electron chi connectivity index (χ0n) is 10.7. The molecule has 5 heteroatoms. The van der Waals surface area contributed by atoms with Gasteiger partial charge in [0.2, 0.25) is 11.8 Å². The van der Waals surface area contributed by atoms with E-state index in [4.69, 9.17) is 5.73 Å². The lowest BCUT2D eigenvalue weighted by atomic mass is 10.0. The number of carbonyl (C=O) groups excluding carboxylic acids is 2. The molecule has 0 radical (unpaired) electrons. The fourth-order valence-electron chi connectivity index (χ4n) is 1.40. The van der Waals surface area contributed by atoms with Crippen LogP contribution in [-0.2, 0) is 9.59 Å². The predicted octanol–water partition coefficient (Wildman–Crippen LogP) is 0.00220. The summed E-state index contributed by atoms with van der Waals surface area (Å²) in [6.45, 7) is 4.96. The van der Waals surface area contributed by atoms with E-state index >= 15 is 0 Å². The van der Waals surface area contributed by atoms with Crippen LogP contribution in [0, 0.1) is 11.8 Å². The molecule has 1 aliphatic carbocycles. The average Bonchev–Trinajstić information content (AvgIpc) is 3.07. The molecule has 0 aliphatic heterocycles. The Bertz CT molecular complexity index is 275. The molecule has 1 saturated carbocycles. The summed E-state index contributed by atoms with van der Waals surface area (Å²) in [6, 6.07) is -0.101. The van der Waals surface area contributed by atoms with Crippen molar-refractivity contribution >= 4 is 11.8 Å². The summed E-state index contributed by atoms with van der Waals surface area (Å²) in [4.78, 5) is 22.7. The summed E-state index contributed by atoms with van der Waals surface area (Å²) in [5, 5.41) is 5.54. The standard InChI is InChI=1S/C12H23N3O2/c1-8(2)10(13)7-11(16)14-5-6-15-12(17)9-3-4-9/h8-10H,3-7,13H2,1-2H3,(H,14,16)(H,15,17). The second kappa shape index (κ2) is 6.59. The summed E-state index contributed by atoms with van der Waals surface area (Å²) < 4.78 is 0. The van der Waals surface area contributed by atoms with Crippen molar-refractivity contribution in [2.75, 3.05) is 13.1 Å². The van der Waals surface area contributed by atoms with Crippen LogP contribution in [0.25, 0.3) is 0 Å². The van der Waals surface area contributed by atoms with E-state index in [1.807, 2.05) is 13.8 Å². The Morgan fingerprint density at radius 1 is 1.24 bits per heavy atom. The molecule has 0 spiro atoms. The van der Waals surface area contributed by atoms with Gasteiger partial charge in [-0.3, -0.25) is 9.59 Å². The molecule has 0 aromatic rings. The average molecular weight is 241 g/mol. The van der Waals surface area contributed by atoms with E-state index in [0.29, 0.717) is 25.4 Å². The number of hydrogen-bond acceptors (Lipinski definition) is 3. The van der Waals surface area contributed by atoms with Gasteiger partial charge in [0, 0.05) is 31.5 Å². The smallest absolute Gasteiger partial charge is 0.223 e. The largest absolute Gasteiger partial charge is 0.354 e. The Labute approximate surface area is 103 Å². The van der Waals surface area contributed by atoms with E-state index in [0.717, 1.165) is 12.8 Å². The normalized spacial score (nSPS) is 16.7. The molecule has 0 heterocycles. The summed E-state index contributed by atoms with van der Waals surface area (Å²) in [7, 11) is 0. The number of rotatable bonds is 7. The molecule has 0 saturated heterocycles. The van der Waals surface area contributed by atoms with Crippen LogP contribution in [0.15, 0.2) is 0 Å². The lowest BCUT2D eigenvalue weighted by molar-refractivity contribution is -0.123. The van der Waals surface area contributed by atoms with Crippen LogP contribution in [-0.4, -0.2) is 30.9 Å². The molecule has 1 atom stereocenters. The highest BCUT2D eigenvalue weighted by Gasteiger charge is 2.28. The van der Waals surface area contributed by atoms with Gasteiger partial charge >= 0.3 is 0 Å². The molecule has 0 aromatic heterocycles. The zero-order chi connectivity index (χ0) is 12.8. The molecule has 0 aromatic carbocycles. The number of hydrogen-bond donors (Lipinski definition) is 3. The van der Waals surface area contributed by atoms with E-state index in [2.05, 4.69) is 10.6 Å². The van der Waals surface area contributed by atoms with Crippen LogP contribution in [0.3, 0.4) is 0 Å². The van der Waals surface area contributed by atoms with Crippen molar-refractivity contribution in [1.29, 1.82) is 0 Å². The molecule has 1 unspecified atom stereocenters. The van der Waals surface area contributed by atoms with E-state index in [1.165, 1.54) is 0 Å². The molecule has 2 amide bonds. The number of carbonyl (C=O) groups is 2. The second-order valence-corrected chi connectivity index (χ2v) is 5.03. The molecule has 1 rings (SSSR count). The number of nitrogens with one attached hydrogen (secondary N) is 2. The summed E-state index contributed by atoms with van der Waals surface area (Å²) in [5.74, 6) is 0.584. The summed E-state index contributed by atoms with van der Waals surface area (Å²) in [6.07, 6.45) is 2.34. The molecule has 5 nitrogen and oxygen atoms in total. The van der Waals surface area contributed by atoms with Crippen LogP contribution in [0.5, 0.6) is 0 Å². The van der Waals surface area contributed by atoms with Gasteiger partial charge in [0.05, 0.1) is 0 Å². The van der Waals surface area contributed by atoms with Gasteiger partial charge in [-0.1, -0.05) is 13.8 Å². The van der Waals surface area contributed by atoms with Crippen molar-refractivity contribution in [3.05, 3.63) is 0 Å². The first-order chi connectivity index (χ1) is 8.00. The van der Waals surface area contributed by atoms with Gasteiger partial charge in [-0.15, -0.1) is 0 Å². The van der Waals surface area contributed by atoms with E-state index in [9.17, 15) is 9.59 Å². The topological polar surface area (TPSA) is 84.2 Å². The molecular weight excluding hydrogens is 218 g/mol. The van der Waals surface area contributed by atoms with Gasteiger partial charge in [-0.2, -0.15) is 0 Å². The Hall–Kier alpha value is -1.10. The maximum Gasteiger partial charge on any atom is 0.223 e. The highest BCUT2D eigenvalue weighted by molar-refractivity contribution is 5.81. The van der Waals surface area contributed by atoms with Crippen LogP contribution in [0.2, 0.25) is 0 Å². The highest BCUT2D eigenvalue weighted by atomic mass is 16.2. The van der Waals surface area contributed by atoms with E-state index in [-0.39, 0.29) is 23.8 Å². The van der Waals surface area contributed by atoms with E-state index < -0.39 is 0 Å². The maximum absolute atomic E-state index is 11.4. The predicted molar refractivity (Wildman–Crippen MR) is 66.2 cm³/mol. The molecule has 17 heavy (non-hydrogen) atoms. The molecule has 1 fully saturated rings. The fourth-order valence-corrected chi connectivity index (χ4v) is 1.40. The van der Waals surface area contributed by atoms with Crippen LogP contribution < -0.4 is 16.4 Å². The fraction of sp³-hybridized carbons (Fsp3) is 0.833. The molecule has 1 aliphatic rings. The minimum absolute atomic E-state index is 0.0492. The lowest BCUT2D eigenvalue weighted by Crippen LogP contribution is -2.38. The second-order valence-electron chi connectivity index (χ2n) is 5.03. The zero-order valence-corrected chi connectivity index (χ0v) is 10.7. The Kier molecular flexibility index (Phi) is 5.41. The van der Waals surface area contributed by atoms with Gasteiger partial charge < -0.3 is 16.4 Å². The van der Waals surface area contributed by atoms with Gasteiger partial charge in [0.25, 0.3) is 0 Å². The minimum Gasteiger partial charge on any atom is -0.354 e. The number of amides is 2. The highest BCUT2D eigenvalue weighted by Crippen LogP contribution is 2.28. The molecular formula is C12H23N3O2.